The predicted octanol–water partition coefficient (Wildman–Crippen LogP) is 2.31. The molecule has 12 heteroatoms. The minimum atomic E-state index is -0.714. The van der Waals surface area contributed by atoms with Gasteiger partial charge >= 0.3 is 0 Å². The normalized spacial score (nSPS) is 12.9. The number of nitrogens with zero attached hydrogens (tertiary/aromatic N) is 4. The molecule has 3 aromatic rings. The van der Waals surface area contributed by atoms with Crippen molar-refractivity contribution in [3.63, 3.8) is 0 Å². The first kappa shape index (κ1) is 23.4. The van der Waals surface area contributed by atoms with Crippen LogP contribution in [0.2, 0.25) is 5.15 Å². The fourth-order valence-corrected chi connectivity index (χ4v) is 4.02. The molecule has 0 radical (unpaired) electrons. The number of nitrogens with one attached hydrogen (secondary N) is 1. The summed E-state index contributed by atoms with van der Waals surface area (Å²) in [4.78, 5) is 41.2. The summed E-state index contributed by atoms with van der Waals surface area (Å²) in [5, 5.41) is 11.5. The molecular formula is C22H19ClN6O4S. The molecule has 34 heavy (non-hydrogen) atoms. The van der Waals surface area contributed by atoms with E-state index >= 15 is 0 Å². The number of methoxy groups -OCH3 is 1. The lowest BCUT2D eigenvalue weighted by atomic mass is 9.86. The van der Waals surface area contributed by atoms with Gasteiger partial charge in [-0.25, -0.2) is 4.98 Å². The van der Waals surface area contributed by atoms with E-state index in [1.54, 1.807) is 0 Å². The van der Waals surface area contributed by atoms with Crippen molar-refractivity contribution in [2.75, 3.05) is 12.4 Å². The minimum Gasteiger partial charge on any atom is -0.494 e. The Morgan fingerprint density at radius 2 is 2.12 bits per heavy atom. The number of carbonyl (C=O) groups is 2. The lowest BCUT2D eigenvalue weighted by Gasteiger charge is -2.18. The molecule has 0 bridgehead atoms. The highest BCUT2D eigenvalue weighted by molar-refractivity contribution is 7.15. The maximum atomic E-state index is 13.2. The van der Waals surface area contributed by atoms with Crippen molar-refractivity contribution in [1.82, 2.24) is 19.7 Å². The van der Waals surface area contributed by atoms with E-state index in [1.165, 1.54) is 32.0 Å². The van der Waals surface area contributed by atoms with Gasteiger partial charge in [-0.2, -0.15) is 0 Å². The van der Waals surface area contributed by atoms with Crippen LogP contribution in [0.1, 0.15) is 34.6 Å². The third-order valence-electron chi connectivity index (χ3n) is 5.17. The highest BCUT2D eigenvalue weighted by Crippen LogP contribution is 2.33. The van der Waals surface area contributed by atoms with Gasteiger partial charge < -0.3 is 15.0 Å². The first-order valence-electron chi connectivity index (χ1n) is 10.2. The van der Waals surface area contributed by atoms with Gasteiger partial charge in [-0.15, -0.1) is 10.2 Å². The second-order valence-electron chi connectivity index (χ2n) is 7.50. The Bertz CT molecular complexity index is 1390. The Kier molecular flexibility index (Phi) is 6.90. The summed E-state index contributed by atoms with van der Waals surface area (Å²) >= 11 is 7.20. The van der Waals surface area contributed by atoms with Crippen LogP contribution in [-0.4, -0.2) is 38.7 Å². The SMILES string of the molecule is COc1cnc(Cl)cc1-c1cn(CC(N)=O)c(=O)cc1C(=O)Nc1nnc(C#CC2CCC2)s1. The van der Waals surface area contributed by atoms with E-state index in [1.807, 2.05) is 0 Å². The van der Waals surface area contributed by atoms with Gasteiger partial charge in [-0.05, 0) is 24.8 Å². The van der Waals surface area contributed by atoms with Gasteiger partial charge in [0.2, 0.25) is 11.0 Å². The highest BCUT2D eigenvalue weighted by atomic mass is 35.5. The highest BCUT2D eigenvalue weighted by Gasteiger charge is 2.21. The van der Waals surface area contributed by atoms with Gasteiger partial charge in [-0.3, -0.25) is 19.7 Å². The third-order valence-corrected chi connectivity index (χ3v) is 6.14. The maximum Gasteiger partial charge on any atom is 0.258 e. The molecule has 1 aliphatic carbocycles. The van der Waals surface area contributed by atoms with Crippen LogP contribution in [0, 0.1) is 17.8 Å². The monoisotopic (exact) mass is 498 g/mol. The molecule has 1 saturated carbocycles. The second-order valence-corrected chi connectivity index (χ2v) is 8.87. The van der Waals surface area contributed by atoms with Gasteiger partial charge in [-0.1, -0.05) is 35.3 Å². The topological polar surface area (TPSA) is 142 Å². The molecule has 0 spiro atoms. The summed E-state index contributed by atoms with van der Waals surface area (Å²) < 4.78 is 6.45. The van der Waals surface area contributed by atoms with E-state index in [2.05, 4.69) is 32.3 Å². The van der Waals surface area contributed by atoms with Crippen molar-refractivity contribution in [3.05, 3.63) is 50.6 Å². The number of rotatable bonds is 6. The average Bonchev–Trinajstić information content (AvgIpc) is 3.20. The van der Waals surface area contributed by atoms with Crippen LogP contribution >= 0.6 is 22.9 Å². The van der Waals surface area contributed by atoms with Crippen molar-refractivity contribution in [2.24, 2.45) is 11.7 Å². The molecule has 0 aliphatic heterocycles. The van der Waals surface area contributed by atoms with E-state index in [0.717, 1.165) is 34.8 Å². The molecule has 4 rings (SSSR count). The molecule has 3 heterocycles. The third kappa shape index (κ3) is 5.24. The number of hydrogen-bond acceptors (Lipinski definition) is 8. The number of ether oxygens (including phenoxy) is 1. The Balaban J connectivity index is 1.71. The van der Waals surface area contributed by atoms with Crippen molar-refractivity contribution in [2.45, 2.75) is 25.8 Å². The van der Waals surface area contributed by atoms with E-state index in [4.69, 9.17) is 22.1 Å². The molecule has 3 aromatic heterocycles. The molecule has 0 atom stereocenters. The molecule has 0 aromatic carbocycles. The van der Waals surface area contributed by atoms with Crippen molar-refractivity contribution < 1.29 is 14.3 Å². The lowest BCUT2D eigenvalue weighted by Crippen LogP contribution is -2.29. The van der Waals surface area contributed by atoms with Crippen LogP contribution in [-0.2, 0) is 11.3 Å². The maximum absolute atomic E-state index is 13.2. The molecule has 3 N–H and O–H groups in total. The zero-order valence-corrected chi connectivity index (χ0v) is 19.6. The Morgan fingerprint density at radius 3 is 2.79 bits per heavy atom. The van der Waals surface area contributed by atoms with Crippen molar-refractivity contribution in [1.29, 1.82) is 0 Å². The average molecular weight is 499 g/mol. The number of carbonyl (C=O) groups excluding carboxylic acids is 2. The summed E-state index contributed by atoms with van der Waals surface area (Å²) in [5.41, 5.74) is 5.38. The Labute approximate surface area is 203 Å². The fourth-order valence-electron chi connectivity index (χ4n) is 3.26. The van der Waals surface area contributed by atoms with Gasteiger partial charge in [0.1, 0.15) is 17.4 Å². The zero-order chi connectivity index (χ0) is 24.2. The molecule has 1 fully saturated rings. The lowest BCUT2D eigenvalue weighted by molar-refractivity contribution is -0.118. The van der Waals surface area contributed by atoms with Crippen LogP contribution in [0.25, 0.3) is 11.1 Å². The zero-order valence-electron chi connectivity index (χ0n) is 18.0. The van der Waals surface area contributed by atoms with Crippen molar-refractivity contribution in [3.8, 4) is 28.7 Å². The first-order chi connectivity index (χ1) is 16.3. The number of aromatic nitrogens is 4. The van der Waals surface area contributed by atoms with Gasteiger partial charge in [0.25, 0.3) is 11.5 Å². The summed E-state index contributed by atoms with van der Waals surface area (Å²) in [7, 11) is 1.43. The van der Waals surface area contributed by atoms with E-state index < -0.39 is 17.4 Å². The van der Waals surface area contributed by atoms with E-state index in [9.17, 15) is 14.4 Å². The summed E-state index contributed by atoms with van der Waals surface area (Å²) in [6.07, 6.45) is 6.10. The standard InChI is InChI=1S/C22H19ClN6O4S/c1-33-16-9-25-17(23)7-13(16)15-10-29(11-18(24)30)20(31)8-14(15)21(32)26-22-28-27-19(34-22)6-5-12-3-2-4-12/h7-10,12H,2-4,11H2,1H3,(H2,24,30)(H,26,28,32). The summed E-state index contributed by atoms with van der Waals surface area (Å²) in [5.74, 6) is 5.50. The molecule has 174 valence electrons. The fraction of sp³-hybridized carbons (Fsp3) is 0.273. The van der Waals surface area contributed by atoms with Gasteiger partial charge in [0, 0.05) is 29.3 Å². The molecule has 0 saturated heterocycles. The quantitative estimate of drug-likeness (QED) is 0.392. The van der Waals surface area contributed by atoms with Gasteiger partial charge in [0.05, 0.1) is 18.9 Å². The second kappa shape index (κ2) is 10.0. The van der Waals surface area contributed by atoms with Crippen LogP contribution in [0.4, 0.5) is 5.13 Å². The number of pyridine rings is 2. The number of amides is 2. The molecule has 2 amide bonds. The molecule has 10 nitrogen and oxygen atoms in total. The van der Waals surface area contributed by atoms with Crippen molar-refractivity contribution >= 4 is 39.9 Å². The predicted molar refractivity (Wildman–Crippen MR) is 127 cm³/mol. The Hall–Kier alpha value is -3.75. The Morgan fingerprint density at radius 1 is 1.32 bits per heavy atom. The smallest absolute Gasteiger partial charge is 0.258 e. The van der Waals surface area contributed by atoms with Crippen LogP contribution in [0.15, 0.2) is 29.3 Å². The number of anilines is 1. The van der Waals surface area contributed by atoms with E-state index in [0.29, 0.717) is 22.2 Å². The number of hydrogen-bond donors (Lipinski definition) is 2. The molecular weight excluding hydrogens is 480 g/mol. The van der Waals surface area contributed by atoms with Crippen LogP contribution in [0.3, 0.4) is 0 Å². The minimum absolute atomic E-state index is 0.0172. The largest absolute Gasteiger partial charge is 0.494 e. The molecule has 0 unspecified atom stereocenters. The number of primary amides is 1. The van der Waals surface area contributed by atoms with Crippen LogP contribution in [0.5, 0.6) is 5.75 Å². The van der Waals surface area contributed by atoms with E-state index in [-0.39, 0.29) is 28.0 Å². The number of nitrogens with two attached hydrogens (primary N) is 1. The van der Waals surface area contributed by atoms with Gasteiger partial charge in [0.15, 0.2) is 5.01 Å². The number of halogens is 1. The summed E-state index contributed by atoms with van der Waals surface area (Å²) in [6, 6.07) is 2.60. The first-order valence-corrected chi connectivity index (χ1v) is 11.4. The molecule has 1 aliphatic rings. The van der Waals surface area contributed by atoms with Crippen LogP contribution < -0.4 is 21.3 Å². The summed E-state index contributed by atoms with van der Waals surface area (Å²) in [6.45, 7) is -0.367.